The number of carbonyl (C=O) groups is 4. The molecule has 0 aromatic heterocycles. The van der Waals surface area contributed by atoms with Gasteiger partial charge in [-0.2, -0.15) is 0 Å². The molecule has 46 heavy (non-hydrogen) atoms. The van der Waals surface area contributed by atoms with Crippen LogP contribution >= 0.6 is 0 Å². The summed E-state index contributed by atoms with van der Waals surface area (Å²) in [6, 6.07) is 13.5. The number of ether oxygens (including phenoxy) is 4. The van der Waals surface area contributed by atoms with E-state index in [2.05, 4.69) is 34.6 Å². The topological polar surface area (TPSA) is 105 Å². The third kappa shape index (κ3) is 20.4. The molecule has 8 heteroatoms. The van der Waals surface area contributed by atoms with Gasteiger partial charge in [0.25, 0.3) is 0 Å². The first kappa shape index (κ1) is 40.3. The van der Waals surface area contributed by atoms with E-state index in [9.17, 15) is 19.2 Å². The van der Waals surface area contributed by atoms with Crippen molar-refractivity contribution in [1.29, 1.82) is 0 Å². The number of hydrogen-bond donors (Lipinski definition) is 0. The molecule has 0 aliphatic carbocycles. The molecule has 0 saturated carbocycles. The molecule has 2 aromatic rings. The van der Waals surface area contributed by atoms with Gasteiger partial charge in [0.1, 0.15) is 0 Å². The Bertz CT molecular complexity index is 1170. The Balaban J connectivity index is 0.000000489. The molecule has 8 nitrogen and oxygen atoms in total. The maximum Gasteiger partial charge on any atom is 0.311 e. The monoisotopic (exact) mass is 640 g/mol. The molecule has 256 valence electrons. The highest BCUT2D eigenvalue weighted by atomic mass is 16.6. The van der Waals surface area contributed by atoms with E-state index < -0.39 is 5.97 Å². The molecule has 0 unspecified atom stereocenters. The Morgan fingerprint density at radius 2 is 0.870 bits per heavy atom. The molecule has 0 heterocycles. The Hall–Kier alpha value is -3.68. The van der Waals surface area contributed by atoms with Crippen LogP contribution in [0.1, 0.15) is 131 Å². The predicted molar refractivity (Wildman–Crippen MR) is 181 cm³/mol. The van der Waals surface area contributed by atoms with Crippen molar-refractivity contribution in [3.8, 4) is 23.0 Å². The summed E-state index contributed by atoms with van der Waals surface area (Å²) in [5.41, 5.74) is 0. The lowest BCUT2D eigenvalue weighted by Crippen LogP contribution is -2.12. The molecular formula is C38H56O8. The minimum absolute atomic E-state index is 0.271. The van der Waals surface area contributed by atoms with Gasteiger partial charge in [0.05, 0.1) is 0 Å². The summed E-state index contributed by atoms with van der Waals surface area (Å²) in [4.78, 5) is 46.6. The molecule has 0 radical (unpaired) electrons. The fourth-order valence-electron chi connectivity index (χ4n) is 4.38. The summed E-state index contributed by atoms with van der Waals surface area (Å²) in [5.74, 6) is 0.888. The molecule has 2 aromatic carbocycles. The van der Waals surface area contributed by atoms with Gasteiger partial charge in [0.15, 0.2) is 23.0 Å². The lowest BCUT2D eigenvalue weighted by atomic mass is 10.1. The van der Waals surface area contributed by atoms with Gasteiger partial charge in [-0.25, -0.2) is 0 Å². The van der Waals surface area contributed by atoms with E-state index in [1.54, 1.807) is 48.5 Å². The number of para-hydroxylation sites is 4. The van der Waals surface area contributed by atoms with E-state index >= 15 is 0 Å². The average molecular weight is 641 g/mol. The van der Waals surface area contributed by atoms with E-state index in [1.165, 1.54) is 45.4 Å². The Morgan fingerprint density at radius 3 is 1.28 bits per heavy atom. The number of carbonyl (C=O) groups excluding carboxylic acids is 4. The van der Waals surface area contributed by atoms with E-state index in [4.69, 9.17) is 18.9 Å². The molecule has 0 saturated heterocycles. The second kappa shape index (κ2) is 24.5. The molecule has 0 spiro atoms. The fourth-order valence-corrected chi connectivity index (χ4v) is 4.38. The second-order valence-corrected chi connectivity index (χ2v) is 12.4. The molecule has 2 rings (SSSR count). The number of unbranched alkanes of at least 4 members (excludes halogenated alkanes) is 7. The van der Waals surface area contributed by atoms with Crippen LogP contribution < -0.4 is 18.9 Å². The number of rotatable bonds is 20. The Morgan fingerprint density at radius 1 is 0.500 bits per heavy atom. The van der Waals surface area contributed by atoms with Crippen molar-refractivity contribution in [3.05, 3.63) is 48.5 Å². The number of benzene rings is 2. The third-order valence-corrected chi connectivity index (χ3v) is 6.95. The predicted octanol–water partition coefficient (Wildman–Crippen LogP) is 9.81. The van der Waals surface area contributed by atoms with Crippen LogP contribution in [0.3, 0.4) is 0 Å². The quantitative estimate of drug-likeness (QED) is 0.0800. The van der Waals surface area contributed by atoms with Gasteiger partial charge in [-0.15, -0.1) is 0 Å². The van der Waals surface area contributed by atoms with Crippen LogP contribution in [0.2, 0.25) is 0 Å². The van der Waals surface area contributed by atoms with Gasteiger partial charge < -0.3 is 18.9 Å². The minimum atomic E-state index is -0.441. The average Bonchev–Trinajstić information content (AvgIpc) is 2.99. The van der Waals surface area contributed by atoms with E-state index in [0.717, 1.165) is 32.1 Å². The number of esters is 4. The first-order chi connectivity index (χ1) is 22.0. The summed E-state index contributed by atoms with van der Waals surface area (Å²) in [7, 11) is 0. The van der Waals surface area contributed by atoms with E-state index in [0.29, 0.717) is 42.6 Å². The summed E-state index contributed by atoms with van der Waals surface area (Å²) in [6.07, 6.45) is 13.1. The maximum absolute atomic E-state index is 12.1. The smallest absolute Gasteiger partial charge is 0.311 e. The van der Waals surface area contributed by atoms with Gasteiger partial charge in [-0.3, -0.25) is 19.2 Å². The van der Waals surface area contributed by atoms with Crippen molar-refractivity contribution in [2.45, 2.75) is 131 Å². The van der Waals surface area contributed by atoms with Crippen molar-refractivity contribution < 1.29 is 38.1 Å². The summed E-state index contributed by atoms with van der Waals surface area (Å²) in [6.45, 7) is 11.9. The maximum atomic E-state index is 12.1. The van der Waals surface area contributed by atoms with Crippen LogP contribution in [-0.2, 0) is 19.2 Å². The summed E-state index contributed by atoms with van der Waals surface area (Å²) in [5, 5.41) is 0. The third-order valence-electron chi connectivity index (χ3n) is 6.95. The molecule has 0 aliphatic heterocycles. The first-order valence-corrected chi connectivity index (χ1v) is 17.0. The van der Waals surface area contributed by atoms with Crippen molar-refractivity contribution in [2.75, 3.05) is 0 Å². The minimum Gasteiger partial charge on any atom is -0.423 e. The largest absolute Gasteiger partial charge is 0.423 e. The molecular weight excluding hydrogens is 584 g/mol. The lowest BCUT2D eigenvalue weighted by molar-refractivity contribution is -0.137. The van der Waals surface area contributed by atoms with E-state index in [1.807, 2.05) is 0 Å². The molecule has 0 bridgehead atoms. The molecule has 0 atom stereocenters. The zero-order chi connectivity index (χ0) is 34.2. The van der Waals surface area contributed by atoms with Crippen LogP contribution in [0, 0.1) is 11.8 Å². The molecule has 0 amide bonds. The normalized spacial score (nSPS) is 10.6. The van der Waals surface area contributed by atoms with Crippen molar-refractivity contribution in [3.63, 3.8) is 0 Å². The zero-order valence-corrected chi connectivity index (χ0v) is 28.9. The van der Waals surface area contributed by atoms with Crippen LogP contribution in [0.25, 0.3) is 0 Å². The van der Waals surface area contributed by atoms with Crippen molar-refractivity contribution >= 4 is 23.9 Å². The lowest BCUT2D eigenvalue weighted by Gasteiger charge is -2.11. The van der Waals surface area contributed by atoms with Gasteiger partial charge in [0.2, 0.25) is 0 Å². The van der Waals surface area contributed by atoms with Gasteiger partial charge in [0, 0.05) is 26.2 Å². The van der Waals surface area contributed by atoms with Crippen LogP contribution in [0.5, 0.6) is 23.0 Å². The Kier molecular flexibility index (Phi) is 21.5. The highest BCUT2D eigenvalue weighted by Crippen LogP contribution is 2.28. The Labute approximate surface area is 276 Å². The van der Waals surface area contributed by atoms with Crippen LogP contribution in [0.4, 0.5) is 0 Å². The highest BCUT2D eigenvalue weighted by molar-refractivity contribution is 5.76. The molecule has 0 fully saturated rings. The summed E-state index contributed by atoms with van der Waals surface area (Å²) >= 11 is 0. The van der Waals surface area contributed by atoms with Crippen molar-refractivity contribution in [2.24, 2.45) is 11.8 Å². The van der Waals surface area contributed by atoms with Gasteiger partial charge >= 0.3 is 23.9 Å². The fraction of sp³-hybridized carbons (Fsp3) is 0.579. The van der Waals surface area contributed by atoms with Crippen LogP contribution in [-0.4, -0.2) is 23.9 Å². The van der Waals surface area contributed by atoms with Crippen LogP contribution in [0.15, 0.2) is 48.5 Å². The molecule has 0 N–H and O–H groups in total. The van der Waals surface area contributed by atoms with Crippen molar-refractivity contribution in [1.82, 2.24) is 0 Å². The SMILES string of the molecule is CC(=O)Oc1ccccc1OC(=O)CCCC(C)C.CCCCCCCCCCC(=O)Oc1ccccc1OC(=O)CCC(C)C. The highest BCUT2D eigenvalue weighted by Gasteiger charge is 2.14. The summed E-state index contributed by atoms with van der Waals surface area (Å²) < 4.78 is 21.0. The second-order valence-electron chi connectivity index (χ2n) is 12.4. The number of hydrogen-bond acceptors (Lipinski definition) is 8. The standard InChI is InChI=1S/C23H36O4.C15H20O4/c1-4-5-6-7-8-9-10-11-16-22(24)26-20-14-12-13-15-21(20)27-23(25)18-17-19(2)3;1-11(2)7-6-10-15(17)19-14-9-5-4-8-13(14)18-12(3)16/h12-15,19H,4-11,16-18H2,1-3H3;4-5,8-9,11H,6-7,10H2,1-3H3. The van der Waals surface area contributed by atoms with E-state index in [-0.39, 0.29) is 29.4 Å². The first-order valence-electron chi connectivity index (χ1n) is 17.0. The molecule has 0 aliphatic rings. The van der Waals surface area contributed by atoms with Gasteiger partial charge in [-0.05, 0) is 55.4 Å². The zero-order valence-electron chi connectivity index (χ0n) is 28.9. The van der Waals surface area contributed by atoms with Gasteiger partial charge in [-0.1, -0.05) is 110 Å².